The van der Waals surface area contributed by atoms with Crippen molar-refractivity contribution in [2.24, 2.45) is 5.41 Å². The van der Waals surface area contributed by atoms with Crippen molar-refractivity contribution in [3.8, 4) is 11.1 Å². The number of aryl methyl sites for hydroxylation is 1. The Morgan fingerprint density at radius 2 is 1.83 bits per heavy atom. The van der Waals surface area contributed by atoms with Gasteiger partial charge in [-0.2, -0.15) is 5.10 Å². The van der Waals surface area contributed by atoms with Gasteiger partial charge in [-0.15, -0.1) is 0 Å². The number of carbonyl (C=O) groups excluding carboxylic acids is 3. The normalized spacial score (nSPS) is 20.8. The zero-order valence-electron chi connectivity index (χ0n) is 23.0. The molecule has 1 aliphatic carbocycles. The van der Waals surface area contributed by atoms with Crippen LogP contribution < -0.4 is 5.32 Å². The summed E-state index contributed by atoms with van der Waals surface area (Å²) in [6.45, 7) is 5.19. The summed E-state index contributed by atoms with van der Waals surface area (Å²) in [5.41, 5.74) is 2.69. The first-order chi connectivity index (χ1) is 19.9. The molecule has 0 unspecified atom stereocenters. The number of fused-ring (bicyclic) bond motifs is 2. The number of carbonyl (C=O) groups is 4. The molecule has 42 heavy (non-hydrogen) atoms. The van der Waals surface area contributed by atoms with E-state index in [1.54, 1.807) is 29.2 Å². The van der Waals surface area contributed by atoms with Crippen LogP contribution in [0.1, 0.15) is 53.4 Å². The summed E-state index contributed by atoms with van der Waals surface area (Å²) in [5, 5.41) is 17.0. The van der Waals surface area contributed by atoms with Gasteiger partial charge in [0, 0.05) is 36.3 Å². The number of carboxylic acid groups (broad SMARTS) is 1. The molecule has 0 bridgehead atoms. The number of carboxylic acids is 1. The third-order valence-electron chi connectivity index (χ3n) is 8.08. The largest absolute Gasteiger partial charge is 0.475 e. The smallest absolute Gasteiger partial charge is 0.373 e. The topological polar surface area (TPSA) is 160 Å². The van der Waals surface area contributed by atoms with Crippen LogP contribution in [0.4, 0.5) is 5.82 Å². The number of pyridine rings is 1. The number of halogens is 1. The van der Waals surface area contributed by atoms with E-state index in [-0.39, 0.29) is 47.1 Å². The molecule has 1 aliphatic heterocycles. The average molecular weight is 632 g/mol. The van der Waals surface area contributed by atoms with Crippen LogP contribution in [0.3, 0.4) is 0 Å². The number of benzene rings is 1. The second-order valence-corrected chi connectivity index (χ2v) is 11.9. The van der Waals surface area contributed by atoms with Gasteiger partial charge in [0.2, 0.25) is 17.6 Å². The second-order valence-electron chi connectivity index (χ2n) is 11.1. The molecule has 2 N–H and O–H groups in total. The van der Waals surface area contributed by atoms with Crippen molar-refractivity contribution >= 4 is 56.2 Å². The predicted octanol–water partition coefficient (Wildman–Crippen LogP) is 3.88. The lowest BCUT2D eigenvalue weighted by atomic mass is 10.0. The van der Waals surface area contributed by atoms with Crippen LogP contribution in [0.25, 0.3) is 22.0 Å². The van der Waals surface area contributed by atoms with Gasteiger partial charge in [-0.3, -0.25) is 19.1 Å². The summed E-state index contributed by atoms with van der Waals surface area (Å²) < 4.78 is 2.09. The van der Waals surface area contributed by atoms with Crippen LogP contribution in [0, 0.1) is 12.3 Å². The number of anilines is 1. The molecule has 12 nitrogen and oxygen atoms in total. The van der Waals surface area contributed by atoms with Gasteiger partial charge >= 0.3 is 5.97 Å². The number of hydrogen-bond acceptors (Lipinski definition) is 8. The third kappa shape index (κ3) is 4.83. The molecular weight excluding hydrogens is 606 g/mol. The van der Waals surface area contributed by atoms with Crippen LogP contribution in [-0.2, 0) is 16.1 Å². The fourth-order valence-electron chi connectivity index (χ4n) is 5.73. The quantitative estimate of drug-likeness (QED) is 0.228. The summed E-state index contributed by atoms with van der Waals surface area (Å²) in [5.74, 6) is -1.94. The summed E-state index contributed by atoms with van der Waals surface area (Å²) in [7, 11) is 0. The van der Waals surface area contributed by atoms with E-state index in [0.29, 0.717) is 38.9 Å². The first kappa shape index (κ1) is 27.6. The van der Waals surface area contributed by atoms with Gasteiger partial charge in [0.1, 0.15) is 28.7 Å². The first-order valence-electron chi connectivity index (χ1n) is 13.3. The fourth-order valence-corrected chi connectivity index (χ4v) is 6.04. The number of nitrogens with one attached hydrogen (secondary N) is 1. The van der Waals surface area contributed by atoms with Gasteiger partial charge in [-0.25, -0.2) is 19.7 Å². The summed E-state index contributed by atoms with van der Waals surface area (Å²) in [6.07, 6.45) is 4.17. The highest BCUT2D eigenvalue weighted by atomic mass is 79.9. The van der Waals surface area contributed by atoms with Crippen LogP contribution in [-0.4, -0.2) is 70.4 Å². The lowest BCUT2D eigenvalue weighted by Gasteiger charge is -2.27. The van der Waals surface area contributed by atoms with E-state index in [0.717, 1.165) is 12.0 Å². The van der Waals surface area contributed by atoms with Crippen LogP contribution in [0.5, 0.6) is 0 Å². The molecule has 2 amide bonds. The molecular formula is C29H26BrN7O5. The van der Waals surface area contributed by atoms with Crippen molar-refractivity contribution in [2.75, 3.05) is 5.32 Å². The van der Waals surface area contributed by atoms with E-state index >= 15 is 0 Å². The highest BCUT2D eigenvalue weighted by Crippen LogP contribution is 2.59. The number of hydrogen-bond donors (Lipinski definition) is 2. The number of aromatic carboxylic acids is 1. The maximum absolute atomic E-state index is 13.8. The zero-order valence-corrected chi connectivity index (χ0v) is 24.5. The van der Waals surface area contributed by atoms with E-state index in [1.165, 1.54) is 24.0 Å². The molecule has 4 aromatic rings. The molecule has 1 saturated carbocycles. The van der Waals surface area contributed by atoms with Gasteiger partial charge < -0.3 is 15.3 Å². The predicted molar refractivity (Wildman–Crippen MR) is 155 cm³/mol. The van der Waals surface area contributed by atoms with Crippen molar-refractivity contribution in [3.05, 3.63) is 64.4 Å². The number of likely N-dealkylation sites (tertiary alicyclic amines) is 1. The maximum atomic E-state index is 13.8. The Morgan fingerprint density at radius 3 is 2.52 bits per heavy atom. The van der Waals surface area contributed by atoms with Crippen molar-refractivity contribution in [1.29, 1.82) is 0 Å². The number of aromatic nitrogens is 5. The van der Waals surface area contributed by atoms with Crippen LogP contribution in [0.15, 0.2) is 47.3 Å². The lowest BCUT2D eigenvalue weighted by molar-refractivity contribution is -0.138. The number of piperidine rings is 1. The van der Waals surface area contributed by atoms with Gasteiger partial charge in [-0.05, 0) is 70.4 Å². The van der Waals surface area contributed by atoms with Crippen molar-refractivity contribution in [1.82, 2.24) is 29.6 Å². The van der Waals surface area contributed by atoms with Crippen LogP contribution >= 0.6 is 15.9 Å². The van der Waals surface area contributed by atoms with Gasteiger partial charge in [-0.1, -0.05) is 19.1 Å². The summed E-state index contributed by atoms with van der Waals surface area (Å²) in [4.78, 5) is 64.6. The summed E-state index contributed by atoms with van der Waals surface area (Å²) >= 11 is 3.34. The van der Waals surface area contributed by atoms with Gasteiger partial charge in [0.05, 0.1) is 5.52 Å². The van der Waals surface area contributed by atoms with Crippen molar-refractivity contribution in [3.63, 3.8) is 0 Å². The average Bonchev–Trinajstić information content (AvgIpc) is 3.32. The molecule has 2 aliphatic rings. The van der Waals surface area contributed by atoms with E-state index in [4.69, 9.17) is 5.11 Å². The molecule has 0 radical (unpaired) electrons. The van der Waals surface area contributed by atoms with Gasteiger partial charge in [0.25, 0.3) is 0 Å². The summed E-state index contributed by atoms with van der Waals surface area (Å²) in [6, 6.07) is 8.20. The highest BCUT2D eigenvalue weighted by Gasteiger charge is 2.64. The van der Waals surface area contributed by atoms with Crippen molar-refractivity contribution in [2.45, 2.75) is 52.2 Å². The molecule has 6 rings (SSSR count). The molecule has 1 saturated heterocycles. The molecule has 2 fully saturated rings. The Morgan fingerprint density at radius 1 is 1.10 bits per heavy atom. The van der Waals surface area contributed by atoms with Crippen molar-refractivity contribution < 1.29 is 24.3 Å². The Balaban J connectivity index is 1.28. The highest BCUT2D eigenvalue weighted by molar-refractivity contribution is 9.10. The fraction of sp³-hybridized carbons (Fsp3) is 0.310. The second kappa shape index (κ2) is 10.1. The van der Waals surface area contributed by atoms with E-state index < -0.39 is 12.0 Å². The standard InChI is InChI=1S/C29H26BrN7O5/c1-14-4-7-22(30)33-25(14)34-27(40)20-9-29(3)10-21(29)37(20)23(39)13-36-19-6-5-16(8-18(19)24(35-36)15(2)38)17-11-31-26(28(41)42)32-12-17/h4-8,11-12,20-21H,9-10,13H2,1-3H3,(H,41,42)(H,33,34,40)/t20-,21+,29+/m0/s1. The Kier molecular flexibility index (Phi) is 6.64. The SMILES string of the molecule is CC(=O)c1nn(CC(=O)N2[C@H](C(=O)Nc3nc(Br)ccc3C)C[C@]3(C)C[C@@H]23)c2ccc(-c3cnc(C(=O)O)nc3)cc12. The number of amides is 2. The number of ketones is 1. The first-order valence-corrected chi connectivity index (χ1v) is 14.1. The van der Waals surface area contributed by atoms with Gasteiger partial charge in [0.15, 0.2) is 5.78 Å². The minimum absolute atomic E-state index is 0.0493. The molecule has 1 aromatic carbocycles. The molecule has 4 heterocycles. The Hall–Kier alpha value is -4.52. The third-order valence-corrected chi connectivity index (χ3v) is 8.52. The monoisotopic (exact) mass is 631 g/mol. The van der Waals surface area contributed by atoms with E-state index in [2.05, 4.69) is 48.2 Å². The minimum atomic E-state index is -1.23. The zero-order chi connectivity index (χ0) is 29.9. The van der Waals surface area contributed by atoms with E-state index in [9.17, 15) is 19.2 Å². The molecule has 13 heteroatoms. The Labute approximate surface area is 248 Å². The minimum Gasteiger partial charge on any atom is -0.475 e. The van der Waals surface area contributed by atoms with Crippen LogP contribution in [0.2, 0.25) is 0 Å². The Bertz CT molecular complexity index is 1800. The molecule has 214 valence electrons. The van der Waals surface area contributed by atoms with E-state index in [1.807, 2.05) is 13.0 Å². The lowest BCUT2D eigenvalue weighted by Crippen LogP contribution is -2.47. The maximum Gasteiger partial charge on any atom is 0.373 e. The number of Topliss-reactive ketones (excluding diaryl/α,β-unsaturated/α-hetero) is 1. The number of rotatable bonds is 7. The molecule has 0 spiro atoms. The molecule has 3 aromatic heterocycles. The number of nitrogens with zero attached hydrogens (tertiary/aromatic N) is 6. The molecule has 3 atom stereocenters.